The van der Waals surface area contributed by atoms with Crippen LogP contribution in [-0.4, -0.2) is 10.9 Å². The molecule has 0 atom stereocenters. The Hall–Kier alpha value is -3.63. The first-order valence-corrected chi connectivity index (χ1v) is 11.2. The molecular formula is C28H23ClN2O2. The summed E-state index contributed by atoms with van der Waals surface area (Å²) in [5, 5.41) is 5.57. The molecule has 1 N–H and O–H groups in total. The van der Waals surface area contributed by atoms with E-state index < -0.39 is 0 Å². The van der Waals surface area contributed by atoms with Crippen molar-refractivity contribution in [3.8, 4) is 11.5 Å². The van der Waals surface area contributed by atoms with Gasteiger partial charge in [-0.3, -0.25) is 4.79 Å². The Kier molecular flexibility index (Phi) is 5.18. The van der Waals surface area contributed by atoms with Crippen molar-refractivity contribution in [2.45, 2.75) is 26.2 Å². The van der Waals surface area contributed by atoms with E-state index in [1.54, 1.807) is 0 Å². The lowest BCUT2D eigenvalue weighted by molar-refractivity contribution is 0.102. The third kappa shape index (κ3) is 4.10. The number of benzene rings is 4. The van der Waals surface area contributed by atoms with Crippen LogP contribution in [0.4, 0.5) is 5.69 Å². The first-order chi connectivity index (χ1) is 15.8. The Morgan fingerprint density at radius 2 is 1.64 bits per heavy atom. The van der Waals surface area contributed by atoms with Crippen molar-refractivity contribution in [1.29, 1.82) is 0 Å². The van der Waals surface area contributed by atoms with Gasteiger partial charge >= 0.3 is 0 Å². The van der Waals surface area contributed by atoms with E-state index in [9.17, 15) is 4.79 Å². The van der Waals surface area contributed by atoms with Crippen LogP contribution in [0.5, 0.6) is 0 Å². The van der Waals surface area contributed by atoms with Crippen molar-refractivity contribution in [3.63, 3.8) is 0 Å². The highest BCUT2D eigenvalue weighted by Gasteiger charge is 2.16. The van der Waals surface area contributed by atoms with Crippen molar-refractivity contribution < 1.29 is 9.21 Å². The number of oxazole rings is 1. The number of hydrogen-bond donors (Lipinski definition) is 1. The standard InChI is InChI=1S/C28H23ClN2O2/c1-28(2,3)18-12-10-17(11-13-18)26(32)30-19-14-15-25-24(16-19)31-27(33-25)22-8-4-7-21-20(22)6-5-9-23(21)29/h4-16H,1-3H3,(H,30,32). The van der Waals surface area contributed by atoms with E-state index in [2.05, 4.69) is 31.1 Å². The molecule has 33 heavy (non-hydrogen) atoms. The zero-order valence-electron chi connectivity index (χ0n) is 18.6. The number of amides is 1. The molecule has 0 aliphatic carbocycles. The van der Waals surface area contributed by atoms with Crippen molar-refractivity contribution in [1.82, 2.24) is 4.98 Å². The van der Waals surface area contributed by atoms with Gasteiger partial charge in [-0.15, -0.1) is 0 Å². The summed E-state index contributed by atoms with van der Waals surface area (Å²) in [4.78, 5) is 17.4. The number of carbonyl (C=O) groups excluding carboxylic acids is 1. The van der Waals surface area contributed by atoms with Crippen molar-refractivity contribution >= 4 is 45.1 Å². The highest BCUT2D eigenvalue weighted by atomic mass is 35.5. The number of aromatic nitrogens is 1. The van der Waals surface area contributed by atoms with Crippen molar-refractivity contribution in [2.24, 2.45) is 0 Å². The van der Waals surface area contributed by atoms with Crippen LogP contribution in [0.15, 0.2) is 83.3 Å². The van der Waals surface area contributed by atoms with E-state index in [0.29, 0.717) is 33.3 Å². The minimum absolute atomic E-state index is 0.0418. The van der Waals surface area contributed by atoms with Gasteiger partial charge in [-0.25, -0.2) is 4.98 Å². The zero-order chi connectivity index (χ0) is 23.2. The van der Waals surface area contributed by atoms with Gasteiger partial charge in [0, 0.05) is 27.2 Å². The number of rotatable bonds is 3. The summed E-state index contributed by atoms with van der Waals surface area (Å²) in [5.74, 6) is 0.348. The Labute approximate surface area is 197 Å². The molecular weight excluding hydrogens is 432 g/mol. The van der Waals surface area contributed by atoms with Crippen LogP contribution in [0.1, 0.15) is 36.7 Å². The van der Waals surface area contributed by atoms with E-state index in [1.807, 2.05) is 78.9 Å². The maximum Gasteiger partial charge on any atom is 0.255 e. The summed E-state index contributed by atoms with van der Waals surface area (Å²) >= 11 is 6.35. The molecule has 5 heteroatoms. The second-order valence-electron chi connectivity index (χ2n) is 9.12. The third-order valence-electron chi connectivity index (χ3n) is 5.76. The van der Waals surface area contributed by atoms with E-state index in [0.717, 1.165) is 16.3 Å². The van der Waals surface area contributed by atoms with Crippen LogP contribution in [-0.2, 0) is 5.41 Å². The first-order valence-electron chi connectivity index (χ1n) is 10.8. The van der Waals surface area contributed by atoms with Gasteiger partial charge in [-0.1, -0.05) is 68.8 Å². The van der Waals surface area contributed by atoms with E-state index in [4.69, 9.17) is 16.0 Å². The number of nitrogens with one attached hydrogen (secondary N) is 1. The van der Waals surface area contributed by atoms with Gasteiger partial charge in [0.05, 0.1) is 0 Å². The fraction of sp³-hybridized carbons (Fsp3) is 0.143. The summed E-state index contributed by atoms with van der Waals surface area (Å²) in [5.41, 5.74) is 4.69. The molecule has 0 aliphatic heterocycles. The van der Waals surface area contributed by atoms with Gasteiger partial charge in [0.1, 0.15) is 5.52 Å². The van der Waals surface area contributed by atoms with Crippen LogP contribution in [0.3, 0.4) is 0 Å². The average molecular weight is 455 g/mol. The lowest BCUT2D eigenvalue weighted by Crippen LogP contribution is -2.14. The molecule has 1 aromatic heterocycles. The molecule has 0 radical (unpaired) electrons. The first kappa shape index (κ1) is 21.2. The smallest absolute Gasteiger partial charge is 0.255 e. The van der Waals surface area contributed by atoms with Crippen LogP contribution in [0.2, 0.25) is 5.02 Å². The number of fused-ring (bicyclic) bond motifs is 2. The maximum absolute atomic E-state index is 12.7. The molecule has 0 aliphatic rings. The summed E-state index contributed by atoms with van der Waals surface area (Å²) in [7, 11) is 0. The predicted octanol–water partition coefficient (Wildman–Crippen LogP) is 7.85. The van der Waals surface area contributed by atoms with Crippen molar-refractivity contribution in [3.05, 3.63) is 95.0 Å². The molecule has 5 rings (SSSR count). The SMILES string of the molecule is CC(C)(C)c1ccc(C(=O)Nc2ccc3oc(-c4cccc5c(Cl)cccc45)nc3c2)cc1. The molecule has 4 nitrogen and oxygen atoms in total. The lowest BCUT2D eigenvalue weighted by Gasteiger charge is -2.19. The zero-order valence-corrected chi connectivity index (χ0v) is 19.4. The number of hydrogen-bond acceptors (Lipinski definition) is 3. The van der Waals surface area contributed by atoms with Gasteiger partial charge in [0.25, 0.3) is 5.91 Å². The minimum Gasteiger partial charge on any atom is -0.436 e. The summed E-state index contributed by atoms with van der Waals surface area (Å²) in [6.07, 6.45) is 0. The number of anilines is 1. The van der Waals surface area contributed by atoms with E-state index in [-0.39, 0.29) is 11.3 Å². The Morgan fingerprint density at radius 1 is 0.909 bits per heavy atom. The molecule has 0 saturated heterocycles. The molecule has 0 fully saturated rings. The minimum atomic E-state index is -0.165. The molecule has 164 valence electrons. The molecule has 1 amide bonds. The molecule has 0 spiro atoms. The van der Waals surface area contributed by atoms with Gasteiger partial charge in [0.15, 0.2) is 5.58 Å². The third-order valence-corrected chi connectivity index (χ3v) is 6.09. The largest absolute Gasteiger partial charge is 0.436 e. The molecule has 4 aromatic carbocycles. The highest BCUT2D eigenvalue weighted by Crippen LogP contribution is 2.34. The van der Waals surface area contributed by atoms with Gasteiger partial charge in [-0.05, 0) is 58.8 Å². The highest BCUT2D eigenvalue weighted by molar-refractivity contribution is 6.35. The predicted molar refractivity (Wildman–Crippen MR) is 135 cm³/mol. The van der Waals surface area contributed by atoms with Crippen molar-refractivity contribution in [2.75, 3.05) is 5.32 Å². The Bertz CT molecular complexity index is 1490. The summed E-state index contributed by atoms with van der Waals surface area (Å²) in [6.45, 7) is 6.45. The second kappa shape index (κ2) is 8.05. The molecule has 1 heterocycles. The lowest BCUT2D eigenvalue weighted by atomic mass is 9.87. The Morgan fingerprint density at radius 3 is 2.39 bits per heavy atom. The van der Waals surface area contributed by atoms with Gasteiger partial charge < -0.3 is 9.73 Å². The maximum atomic E-state index is 12.7. The number of halogens is 1. The van der Waals surface area contributed by atoms with Crippen LogP contribution >= 0.6 is 11.6 Å². The molecule has 0 unspecified atom stereocenters. The number of nitrogens with zero attached hydrogens (tertiary/aromatic N) is 1. The summed E-state index contributed by atoms with van der Waals surface area (Å²) in [6, 6.07) is 24.8. The average Bonchev–Trinajstić information content (AvgIpc) is 3.22. The Balaban J connectivity index is 1.43. The topological polar surface area (TPSA) is 55.1 Å². The molecule has 0 bridgehead atoms. The monoisotopic (exact) mass is 454 g/mol. The van der Waals surface area contributed by atoms with Crippen LogP contribution in [0, 0.1) is 0 Å². The molecule has 0 saturated carbocycles. The van der Waals surface area contributed by atoms with E-state index in [1.165, 1.54) is 5.56 Å². The van der Waals surface area contributed by atoms with Gasteiger partial charge in [0.2, 0.25) is 5.89 Å². The van der Waals surface area contributed by atoms with Crippen LogP contribution < -0.4 is 5.32 Å². The second-order valence-corrected chi connectivity index (χ2v) is 9.53. The number of carbonyl (C=O) groups is 1. The van der Waals surface area contributed by atoms with Crippen LogP contribution in [0.25, 0.3) is 33.3 Å². The molecule has 5 aromatic rings. The van der Waals surface area contributed by atoms with E-state index >= 15 is 0 Å². The van der Waals surface area contributed by atoms with Gasteiger partial charge in [-0.2, -0.15) is 0 Å². The fourth-order valence-corrected chi connectivity index (χ4v) is 4.14. The quantitative estimate of drug-likeness (QED) is 0.302. The summed E-state index contributed by atoms with van der Waals surface area (Å²) < 4.78 is 6.02. The fourth-order valence-electron chi connectivity index (χ4n) is 3.90. The normalized spacial score (nSPS) is 11.8.